The highest BCUT2D eigenvalue weighted by atomic mass is 16.6. The second-order valence-electron chi connectivity index (χ2n) is 7.75. The summed E-state index contributed by atoms with van der Waals surface area (Å²) in [5, 5.41) is 9.22. The lowest BCUT2D eigenvalue weighted by molar-refractivity contribution is -0.123. The molecule has 6 nitrogen and oxygen atoms in total. The van der Waals surface area contributed by atoms with Crippen LogP contribution in [0.3, 0.4) is 0 Å². The van der Waals surface area contributed by atoms with E-state index in [2.05, 4.69) is 16.0 Å². The second-order valence-corrected chi connectivity index (χ2v) is 7.75. The summed E-state index contributed by atoms with van der Waals surface area (Å²) in [5.74, 6) is 0.0361. The van der Waals surface area contributed by atoms with Crippen LogP contribution < -0.4 is 16.0 Å². The molecule has 0 radical (unpaired) electrons. The van der Waals surface area contributed by atoms with Gasteiger partial charge >= 0.3 is 6.09 Å². The van der Waals surface area contributed by atoms with Crippen molar-refractivity contribution in [3.63, 3.8) is 0 Å². The molecule has 3 N–H and O–H groups in total. The lowest BCUT2D eigenvalue weighted by Crippen LogP contribution is -2.50. The van der Waals surface area contributed by atoms with Crippen molar-refractivity contribution < 1.29 is 14.3 Å². The van der Waals surface area contributed by atoms with E-state index in [0.29, 0.717) is 6.04 Å². The number of amides is 2. The molecule has 0 aromatic rings. The number of ether oxygens (including phenoxy) is 1. The maximum atomic E-state index is 11.9. The predicted molar refractivity (Wildman–Crippen MR) is 91.3 cm³/mol. The summed E-state index contributed by atoms with van der Waals surface area (Å²) < 4.78 is 5.28. The standard InChI is InChI=1S/C17H33N3O3/c1-11(2)18-15(21)12(3)19-13-7-9-14(10-8-13)20-16(22)23-17(4,5)6/h11-14,19H,7-10H2,1-6H3,(H,18,21)(H,20,22). The van der Waals surface area contributed by atoms with Crippen molar-refractivity contribution in [2.45, 2.75) is 97.0 Å². The van der Waals surface area contributed by atoms with Gasteiger partial charge in [-0.15, -0.1) is 0 Å². The lowest BCUT2D eigenvalue weighted by atomic mass is 9.91. The summed E-state index contributed by atoms with van der Waals surface area (Å²) in [7, 11) is 0. The number of alkyl carbamates (subject to hydrolysis) is 1. The van der Waals surface area contributed by atoms with Gasteiger partial charge in [0.05, 0.1) is 6.04 Å². The molecule has 0 spiro atoms. The predicted octanol–water partition coefficient (Wildman–Crippen LogP) is 2.32. The molecule has 2 amide bonds. The van der Waals surface area contributed by atoms with Gasteiger partial charge in [0.25, 0.3) is 0 Å². The molecule has 1 atom stereocenters. The van der Waals surface area contributed by atoms with Crippen molar-refractivity contribution in [3.8, 4) is 0 Å². The Kier molecular flexibility index (Phi) is 7.32. The Morgan fingerprint density at radius 3 is 2.00 bits per heavy atom. The maximum absolute atomic E-state index is 11.9. The molecule has 134 valence electrons. The summed E-state index contributed by atoms with van der Waals surface area (Å²) in [5.41, 5.74) is -0.470. The number of nitrogens with one attached hydrogen (secondary N) is 3. The molecule has 0 heterocycles. The number of hydrogen-bond acceptors (Lipinski definition) is 4. The normalized spacial score (nSPS) is 23.3. The fourth-order valence-corrected chi connectivity index (χ4v) is 2.72. The van der Waals surface area contributed by atoms with Crippen LogP contribution in [-0.2, 0) is 9.53 Å². The van der Waals surface area contributed by atoms with E-state index in [4.69, 9.17) is 4.74 Å². The zero-order chi connectivity index (χ0) is 17.6. The average molecular weight is 327 g/mol. The molecular formula is C17H33N3O3. The highest BCUT2D eigenvalue weighted by Crippen LogP contribution is 2.19. The van der Waals surface area contributed by atoms with E-state index >= 15 is 0 Å². The first-order valence-electron chi connectivity index (χ1n) is 8.62. The second kappa shape index (κ2) is 8.52. The lowest BCUT2D eigenvalue weighted by Gasteiger charge is -2.32. The molecule has 0 aromatic heterocycles. The third-order valence-electron chi connectivity index (χ3n) is 3.76. The zero-order valence-electron chi connectivity index (χ0n) is 15.4. The SMILES string of the molecule is CC(C)NC(=O)C(C)NC1CCC(NC(=O)OC(C)(C)C)CC1. The fraction of sp³-hybridized carbons (Fsp3) is 0.882. The summed E-state index contributed by atoms with van der Waals surface area (Å²) in [4.78, 5) is 23.7. The van der Waals surface area contributed by atoms with Gasteiger partial charge in [0.1, 0.15) is 5.60 Å². The molecule has 1 aliphatic carbocycles. The van der Waals surface area contributed by atoms with Gasteiger partial charge in [-0.2, -0.15) is 0 Å². The highest BCUT2D eigenvalue weighted by Gasteiger charge is 2.26. The van der Waals surface area contributed by atoms with Crippen LogP contribution in [0.1, 0.15) is 67.2 Å². The van der Waals surface area contributed by atoms with Gasteiger partial charge in [-0.1, -0.05) is 0 Å². The Bertz CT molecular complexity index is 396. The smallest absolute Gasteiger partial charge is 0.407 e. The largest absolute Gasteiger partial charge is 0.444 e. The van der Waals surface area contributed by atoms with E-state index in [1.54, 1.807) is 0 Å². The quantitative estimate of drug-likeness (QED) is 0.724. The van der Waals surface area contributed by atoms with Crippen LogP contribution in [0, 0.1) is 0 Å². The van der Waals surface area contributed by atoms with E-state index in [1.165, 1.54) is 0 Å². The third kappa shape index (κ3) is 8.21. The number of rotatable bonds is 5. The van der Waals surface area contributed by atoms with Crippen LogP contribution in [0.15, 0.2) is 0 Å². The molecule has 0 bridgehead atoms. The fourth-order valence-electron chi connectivity index (χ4n) is 2.72. The maximum Gasteiger partial charge on any atom is 0.407 e. The first-order valence-corrected chi connectivity index (χ1v) is 8.62. The van der Waals surface area contributed by atoms with Gasteiger partial charge in [-0.05, 0) is 67.2 Å². The van der Waals surface area contributed by atoms with Crippen molar-refractivity contribution >= 4 is 12.0 Å². The number of hydrogen-bond donors (Lipinski definition) is 3. The monoisotopic (exact) mass is 327 g/mol. The van der Waals surface area contributed by atoms with E-state index < -0.39 is 5.60 Å². The Balaban J connectivity index is 2.30. The van der Waals surface area contributed by atoms with Gasteiger partial charge in [0.2, 0.25) is 5.91 Å². The Morgan fingerprint density at radius 2 is 1.52 bits per heavy atom. The van der Waals surface area contributed by atoms with E-state index in [0.717, 1.165) is 25.7 Å². The molecule has 23 heavy (non-hydrogen) atoms. The topological polar surface area (TPSA) is 79.5 Å². The van der Waals surface area contributed by atoms with Gasteiger partial charge in [-0.25, -0.2) is 4.79 Å². The molecule has 0 saturated heterocycles. The molecular weight excluding hydrogens is 294 g/mol. The average Bonchev–Trinajstić information content (AvgIpc) is 2.37. The molecule has 1 saturated carbocycles. The van der Waals surface area contributed by atoms with Crippen molar-refractivity contribution in [3.05, 3.63) is 0 Å². The van der Waals surface area contributed by atoms with Crippen LogP contribution in [0.25, 0.3) is 0 Å². The molecule has 1 rings (SSSR count). The van der Waals surface area contributed by atoms with Crippen molar-refractivity contribution in [1.82, 2.24) is 16.0 Å². The van der Waals surface area contributed by atoms with Gasteiger partial charge in [0.15, 0.2) is 0 Å². The first-order chi connectivity index (χ1) is 10.6. The highest BCUT2D eigenvalue weighted by molar-refractivity contribution is 5.81. The van der Waals surface area contributed by atoms with Gasteiger partial charge < -0.3 is 20.7 Å². The Morgan fingerprint density at radius 1 is 1.00 bits per heavy atom. The van der Waals surface area contributed by atoms with Crippen LogP contribution in [0.4, 0.5) is 4.79 Å². The van der Waals surface area contributed by atoms with Gasteiger partial charge in [-0.3, -0.25) is 4.79 Å². The first kappa shape index (κ1) is 19.7. The third-order valence-corrected chi connectivity index (χ3v) is 3.76. The van der Waals surface area contributed by atoms with Crippen LogP contribution in [0.2, 0.25) is 0 Å². The van der Waals surface area contributed by atoms with Gasteiger partial charge in [0, 0.05) is 18.1 Å². The molecule has 6 heteroatoms. The van der Waals surface area contributed by atoms with Crippen LogP contribution in [-0.4, -0.2) is 41.8 Å². The van der Waals surface area contributed by atoms with Crippen molar-refractivity contribution in [2.24, 2.45) is 0 Å². The minimum Gasteiger partial charge on any atom is -0.444 e. The molecule has 1 fully saturated rings. The number of carbonyl (C=O) groups excluding carboxylic acids is 2. The summed E-state index contributed by atoms with van der Waals surface area (Å²) in [6.45, 7) is 11.4. The van der Waals surface area contributed by atoms with Crippen LogP contribution >= 0.6 is 0 Å². The van der Waals surface area contributed by atoms with Crippen molar-refractivity contribution in [1.29, 1.82) is 0 Å². The van der Waals surface area contributed by atoms with E-state index in [-0.39, 0.29) is 30.1 Å². The van der Waals surface area contributed by atoms with E-state index in [1.807, 2.05) is 41.5 Å². The Hall–Kier alpha value is -1.30. The minimum absolute atomic E-state index is 0.0361. The Labute approximate surface area is 140 Å². The minimum atomic E-state index is -0.470. The molecule has 0 aromatic carbocycles. The van der Waals surface area contributed by atoms with Crippen LogP contribution in [0.5, 0.6) is 0 Å². The summed E-state index contributed by atoms with van der Waals surface area (Å²) >= 11 is 0. The molecule has 0 aliphatic heterocycles. The summed E-state index contributed by atoms with van der Waals surface area (Å²) in [6, 6.07) is 0.431. The van der Waals surface area contributed by atoms with Crippen molar-refractivity contribution in [2.75, 3.05) is 0 Å². The molecule has 1 unspecified atom stereocenters. The van der Waals surface area contributed by atoms with E-state index in [9.17, 15) is 9.59 Å². The zero-order valence-corrected chi connectivity index (χ0v) is 15.4. The molecule has 1 aliphatic rings. The summed E-state index contributed by atoms with van der Waals surface area (Å²) in [6.07, 6.45) is 3.34. The number of carbonyl (C=O) groups is 2.